The van der Waals surface area contributed by atoms with Crippen LogP contribution in [0.3, 0.4) is 0 Å². The maximum absolute atomic E-state index is 9.24. The van der Waals surface area contributed by atoms with Gasteiger partial charge in [-0.15, -0.1) is 0 Å². The van der Waals surface area contributed by atoms with Crippen LogP contribution in [0.15, 0.2) is 24.5 Å². The highest BCUT2D eigenvalue weighted by atomic mass is 16.3. The molecule has 0 radical (unpaired) electrons. The third-order valence-corrected chi connectivity index (χ3v) is 1.57. The van der Waals surface area contributed by atoms with Crippen LogP contribution in [0, 0.1) is 0 Å². The molecule has 0 aliphatic heterocycles. The Labute approximate surface area is 75.0 Å². The number of hydrogen-bond acceptors (Lipinski definition) is 4. The number of aliphatic hydroxyl groups excluding tert-OH is 1. The number of phenolic OH excluding ortho intramolecular Hbond substituents is 3. The number of benzene rings is 1. The van der Waals surface area contributed by atoms with Crippen LogP contribution in [0.2, 0.25) is 0 Å². The summed E-state index contributed by atoms with van der Waals surface area (Å²) in [5.41, 5.74) is 0.308. The summed E-state index contributed by atoms with van der Waals surface area (Å²) in [5.74, 6) is -1.05. The summed E-state index contributed by atoms with van der Waals surface area (Å²) in [6, 6.07) is 2.18. The highest BCUT2D eigenvalue weighted by Gasteiger charge is 2.08. The minimum atomic E-state index is -0.398. The van der Waals surface area contributed by atoms with E-state index in [0.717, 1.165) is 6.07 Å². The smallest absolute Gasteiger partial charge is 0.161 e. The van der Waals surface area contributed by atoms with Crippen molar-refractivity contribution in [3.05, 3.63) is 30.0 Å². The van der Waals surface area contributed by atoms with Gasteiger partial charge in [-0.2, -0.15) is 0 Å². The maximum Gasteiger partial charge on any atom is 0.161 e. The normalized spacial score (nSPS) is 9.85. The molecule has 0 fully saturated rings. The molecule has 0 aliphatic rings. The van der Waals surface area contributed by atoms with Gasteiger partial charge in [-0.1, -0.05) is 6.58 Å². The van der Waals surface area contributed by atoms with Gasteiger partial charge in [-0.25, -0.2) is 0 Å². The SMILES string of the molecule is C=C(O)Cc1cc(O)c(O)cc1O. The molecule has 1 aromatic rings. The number of hydrogen-bond donors (Lipinski definition) is 4. The van der Waals surface area contributed by atoms with E-state index < -0.39 is 5.75 Å². The highest BCUT2D eigenvalue weighted by molar-refractivity contribution is 5.49. The van der Waals surface area contributed by atoms with E-state index in [1.165, 1.54) is 6.07 Å². The van der Waals surface area contributed by atoms with Crippen LogP contribution < -0.4 is 0 Å². The maximum atomic E-state index is 9.24. The molecular weight excluding hydrogens is 172 g/mol. The monoisotopic (exact) mass is 182 g/mol. The second-order valence-corrected chi connectivity index (χ2v) is 2.71. The van der Waals surface area contributed by atoms with Crippen molar-refractivity contribution in [1.29, 1.82) is 0 Å². The average molecular weight is 182 g/mol. The fourth-order valence-electron chi connectivity index (χ4n) is 0.970. The predicted molar refractivity (Wildman–Crippen MR) is 46.9 cm³/mol. The first-order chi connectivity index (χ1) is 6.00. The minimum absolute atomic E-state index is 0.0413. The molecular formula is C9H10O4. The lowest BCUT2D eigenvalue weighted by Crippen LogP contribution is -1.88. The van der Waals surface area contributed by atoms with Gasteiger partial charge in [0.2, 0.25) is 0 Å². The number of aromatic hydroxyl groups is 3. The highest BCUT2D eigenvalue weighted by Crippen LogP contribution is 2.32. The zero-order valence-electron chi connectivity index (χ0n) is 6.86. The van der Waals surface area contributed by atoms with Crippen LogP contribution in [0.25, 0.3) is 0 Å². The van der Waals surface area contributed by atoms with Crippen LogP contribution in [0.4, 0.5) is 0 Å². The summed E-state index contributed by atoms with van der Waals surface area (Å²) in [6.45, 7) is 3.24. The Morgan fingerprint density at radius 1 is 1.08 bits per heavy atom. The molecule has 0 heterocycles. The number of allylic oxidation sites excluding steroid dienone is 1. The van der Waals surface area contributed by atoms with E-state index in [1.807, 2.05) is 0 Å². The summed E-state index contributed by atoms with van der Waals surface area (Å²) >= 11 is 0. The van der Waals surface area contributed by atoms with E-state index >= 15 is 0 Å². The molecule has 0 aromatic heterocycles. The van der Waals surface area contributed by atoms with Crippen molar-refractivity contribution in [2.24, 2.45) is 0 Å². The molecule has 4 N–H and O–H groups in total. The third-order valence-electron chi connectivity index (χ3n) is 1.57. The van der Waals surface area contributed by atoms with Crippen LogP contribution in [0.5, 0.6) is 17.2 Å². The van der Waals surface area contributed by atoms with Gasteiger partial charge in [0.05, 0.1) is 5.76 Å². The van der Waals surface area contributed by atoms with E-state index in [9.17, 15) is 5.11 Å². The Hall–Kier alpha value is -1.84. The molecule has 1 rings (SSSR count). The van der Waals surface area contributed by atoms with Crippen LogP contribution in [-0.4, -0.2) is 20.4 Å². The van der Waals surface area contributed by atoms with Crippen LogP contribution in [0.1, 0.15) is 5.56 Å². The quantitative estimate of drug-likeness (QED) is 0.317. The largest absolute Gasteiger partial charge is 0.513 e. The van der Waals surface area contributed by atoms with E-state index in [1.54, 1.807) is 0 Å². The lowest BCUT2D eigenvalue weighted by molar-refractivity contribution is 0.385. The van der Waals surface area contributed by atoms with Gasteiger partial charge in [0, 0.05) is 18.1 Å². The Morgan fingerprint density at radius 3 is 2.15 bits per heavy atom. The third kappa shape index (κ3) is 2.05. The van der Waals surface area contributed by atoms with Gasteiger partial charge >= 0.3 is 0 Å². The van der Waals surface area contributed by atoms with Crippen molar-refractivity contribution in [3.63, 3.8) is 0 Å². The second kappa shape index (κ2) is 3.26. The molecule has 13 heavy (non-hydrogen) atoms. The molecule has 70 valence electrons. The fourth-order valence-corrected chi connectivity index (χ4v) is 0.970. The lowest BCUT2D eigenvalue weighted by atomic mass is 10.1. The summed E-state index contributed by atoms with van der Waals surface area (Å²) < 4.78 is 0. The van der Waals surface area contributed by atoms with Crippen LogP contribution >= 0.6 is 0 Å². The molecule has 0 saturated heterocycles. The predicted octanol–water partition coefficient (Wildman–Crippen LogP) is 1.42. The first-order valence-corrected chi connectivity index (χ1v) is 3.61. The molecule has 0 aliphatic carbocycles. The lowest BCUT2D eigenvalue weighted by Gasteiger charge is -2.05. The molecule has 0 atom stereocenters. The van der Waals surface area contributed by atoms with E-state index in [2.05, 4.69) is 6.58 Å². The molecule has 0 amide bonds. The van der Waals surface area contributed by atoms with Gasteiger partial charge in [-0.05, 0) is 6.07 Å². The molecule has 0 bridgehead atoms. The number of rotatable bonds is 2. The average Bonchev–Trinajstić information content (AvgIpc) is 1.99. The van der Waals surface area contributed by atoms with Gasteiger partial charge < -0.3 is 20.4 Å². The van der Waals surface area contributed by atoms with E-state index in [0.29, 0.717) is 5.56 Å². The zero-order valence-corrected chi connectivity index (χ0v) is 6.86. The van der Waals surface area contributed by atoms with Gasteiger partial charge in [0.1, 0.15) is 5.75 Å². The Morgan fingerprint density at radius 2 is 1.62 bits per heavy atom. The number of phenols is 3. The van der Waals surface area contributed by atoms with Crippen LogP contribution in [-0.2, 0) is 6.42 Å². The Balaban J connectivity index is 3.08. The van der Waals surface area contributed by atoms with E-state index in [4.69, 9.17) is 15.3 Å². The van der Waals surface area contributed by atoms with Gasteiger partial charge in [-0.3, -0.25) is 0 Å². The first-order valence-electron chi connectivity index (χ1n) is 3.61. The number of aliphatic hydroxyl groups is 1. The van der Waals surface area contributed by atoms with Gasteiger partial charge in [0.25, 0.3) is 0 Å². The molecule has 0 spiro atoms. The summed E-state index contributed by atoms with van der Waals surface area (Å²) in [5, 5.41) is 36.1. The second-order valence-electron chi connectivity index (χ2n) is 2.71. The molecule has 0 unspecified atom stereocenters. The fraction of sp³-hybridized carbons (Fsp3) is 0.111. The van der Waals surface area contributed by atoms with Crippen molar-refractivity contribution in [3.8, 4) is 17.2 Å². The molecule has 4 heteroatoms. The zero-order chi connectivity index (χ0) is 10.0. The topological polar surface area (TPSA) is 80.9 Å². The summed E-state index contributed by atoms with van der Waals surface area (Å²) in [6.07, 6.45) is 0.0413. The van der Waals surface area contributed by atoms with Crippen molar-refractivity contribution >= 4 is 0 Å². The standard InChI is InChI=1S/C9H10O4/c1-5(10)2-6-3-8(12)9(13)4-7(6)11/h3-4,10-13H,1-2H2. The Bertz CT molecular complexity index is 344. The van der Waals surface area contributed by atoms with Crippen molar-refractivity contribution in [2.75, 3.05) is 0 Å². The summed E-state index contributed by atoms with van der Waals surface area (Å²) in [7, 11) is 0. The summed E-state index contributed by atoms with van der Waals surface area (Å²) in [4.78, 5) is 0. The van der Waals surface area contributed by atoms with Crippen molar-refractivity contribution in [1.82, 2.24) is 0 Å². The minimum Gasteiger partial charge on any atom is -0.513 e. The Kier molecular flexibility index (Phi) is 2.32. The first kappa shape index (κ1) is 9.25. The van der Waals surface area contributed by atoms with Gasteiger partial charge in [0.15, 0.2) is 11.5 Å². The van der Waals surface area contributed by atoms with Crippen molar-refractivity contribution in [2.45, 2.75) is 6.42 Å². The molecule has 1 aromatic carbocycles. The molecule has 4 nitrogen and oxygen atoms in total. The van der Waals surface area contributed by atoms with E-state index in [-0.39, 0.29) is 23.7 Å². The molecule has 0 saturated carbocycles. The van der Waals surface area contributed by atoms with Crippen molar-refractivity contribution < 1.29 is 20.4 Å².